The summed E-state index contributed by atoms with van der Waals surface area (Å²) in [6, 6.07) is 10.9. The molecule has 1 amide bonds. The smallest absolute Gasteiger partial charge is 0.226 e. The van der Waals surface area contributed by atoms with E-state index in [1.807, 2.05) is 16.8 Å². The Bertz CT molecular complexity index is 1150. The van der Waals surface area contributed by atoms with E-state index in [9.17, 15) is 13.6 Å². The molecule has 0 unspecified atom stereocenters. The van der Waals surface area contributed by atoms with Crippen LogP contribution < -0.4 is 5.32 Å². The Kier molecular flexibility index (Phi) is 3.75. The third-order valence-corrected chi connectivity index (χ3v) is 6.25. The van der Waals surface area contributed by atoms with Crippen molar-refractivity contribution in [2.75, 3.05) is 0 Å². The second kappa shape index (κ2) is 6.11. The van der Waals surface area contributed by atoms with Crippen molar-refractivity contribution in [3.05, 3.63) is 65.4 Å². The van der Waals surface area contributed by atoms with Crippen LogP contribution in [-0.2, 0) is 17.9 Å². The van der Waals surface area contributed by atoms with Crippen molar-refractivity contribution in [3.63, 3.8) is 0 Å². The summed E-state index contributed by atoms with van der Waals surface area (Å²) < 4.78 is 28.5. The number of benzene rings is 2. The fourth-order valence-electron chi connectivity index (χ4n) is 5.09. The van der Waals surface area contributed by atoms with Gasteiger partial charge in [-0.1, -0.05) is 0 Å². The Balaban J connectivity index is 1.21. The van der Waals surface area contributed by atoms with Crippen molar-refractivity contribution in [1.29, 1.82) is 5.26 Å². The number of rotatable bonds is 5. The fraction of sp³-hybridized carbons (Fsp3) is 0.318. The van der Waals surface area contributed by atoms with E-state index in [2.05, 4.69) is 16.5 Å². The lowest BCUT2D eigenvalue weighted by molar-refractivity contribution is -0.213. The Morgan fingerprint density at radius 2 is 1.90 bits per heavy atom. The lowest BCUT2D eigenvalue weighted by Crippen LogP contribution is -2.68. The van der Waals surface area contributed by atoms with Gasteiger partial charge in [-0.15, -0.1) is 0 Å². The molecule has 1 aromatic heterocycles. The molecule has 3 fully saturated rings. The quantitative estimate of drug-likeness (QED) is 0.720. The Morgan fingerprint density at radius 1 is 1.17 bits per heavy atom. The normalized spacial score (nSPS) is 24.4. The first-order chi connectivity index (χ1) is 13.9. The number of amides is 1. The van der Waals surface area contributed by atoms with Crippen LogP contribution in [0.5, 0.6) is 0 Å². The summed E-state index contributed by atoms with van der Waals surface area (Å²) in [5.41, 5.74) is 1.73. The van der Waals surface area contributed by atoms with E-state index in [0.29, 0.717) is 11.1 Å². The van der Waals surface area contributed by atoms with Crippen LogP contribution in [0.3, 0.4) is 0 Å². The molecular formula is C22H18F2N4O. The monoisotopic (exact) mass is 392 g/mol. The van der Waals surface area contributed by atoms with Crippen molar-refractivity contribution >= 4 is 16.8 Å². The summed E-state index contributed by atoms with van der Waals surface area (Å²) >= 11 is 0. The predicted molar refractivity (Wildman–Crippen MR) is 101 cm³/mol. The Labute approximate surface area is 165 Å². The Morgan fingerprint density at radius 3 is 2.59 bits per heavy atom. The van der Waals surface area contributed by atoms with Crippen molar-refractivity contribution in [2.24, 2.45) is 10.8 Å². The summed E-state index contributed by atoms with van der Waals surface area (Å²) in [5.74, 6) is -1.34. The van der Waals surface area contributed by atoms with Crippen LogP contribution in [0, 0.1) is 33.8 Å². The van der Waals surface area contributed by atoms with E-state index in [4.69, 9.17) is 5.26 Å². The molecule has 2 bridgehead atoms. The first kappa shape index (κ1) is 17.8. The summed E-state index contributed by atoms with van der Waals surface area (Å²) in [6.07, 6.45) is 4.14. The molecule has 0 atom stereocenters. The first-order valence-electron chi connectivity index (χ1n) is 9.49. The average molecular weight is 392 g/mol. The van der Waals surface area contributed by atoms with E-state index in [-0.39, 0.29) is 23.3 Å². The number of hydrogen-bond acceptors (Lipinski definition) is 3. The summed E-state index contributed by atoms with van der Waals surface area (Å²) in [5, 5.41) is 17.2. The lowest BCUT2D eigenvalue weighted by atomic mass is 9.35. The topological polar surface area (TPSA) is 70.7 Å². The number of fused-ring (bicyclic) bond motifs is 1. The minimum Gasteiger partial charge on any atom is -0.352 e. The second-order valence-electron chi connectivity index (χ2n) is 8.46. The van der Waals surface area contributed by atoms with E-state index in [1.165, 1.54) is 12.1 Å². The van der Waals surface area contributed by atoms with Crippen LogP contribution in [0.15, 0.2) is 42.6 Å². The van der Waals surface area contributed by atoms with Gasteiger partial charge < -0.3 is 5.32 Å². The Hall–Kier alpha value is -3.27. The van der Waals surface area contributed by atoms with Gasteiger partial charge in [0, 0.05) is 24.5 Å². The SMILES string of the molecule is N#Cc1ccc2c(cnn2CC23CC(C(=O)NCc4cc(F)cc(F)c4)(C2)C3)c1. The summed E-state index contributed by atoms with van der Waals surface area (Å²) in [7, 11) is 0. The number of halogens is 2. The highest BCUT2D eigenvalue weighted by molar-refractivity contribution is 5.86. The molecule has 0 saturated heterocycles. The van der Waals surface area contributed by atoms with Crippen LogP contribution in [0.25, 0.3) is 10.9 Å². The largest absolute Gasteiger partial charge is 0.352 e. The minimum absolute atomic E-state index is 0.0481. The molecule has 0 aliphatic heterocycles. The lowest BCUT2D eigenvalue weighted by Gasteiger charge is -2.69. The molecule has 7 heteroatoms. The number of carbonyl (C=O) groups excluding carboxylic acids is 1. The molecule has 3 aliphatic carbocycles. The van der Waals surface area contributed by atoms with E-state index >= 15 is 0 Å². The molecule has 1 N–H and O–H groups in total. The zero-order valence-corrected chi connectivity index (χ0v) is 15.6. The van der Waals surface area contributed by atoms with Gasteiger partial charge in [0.1, 0.15) is 11.6 Å². The molecule has 2 aromatic carbocycles. The maximum absolute atomic E-state index is 13.3. The molecule has 6 rings (SSSR count). The zero-order chi connectivity index (χ0) is 20.2. The maximum Gasteiger partial charge on any atom is 0.226 e. The summed E-state index contributed by atoms with van der Waals surface area (Å²) in [6.45, 7) is 0.861. The summed E-state index contributed by atoms with van der Waals surface area (Å²) in [4.78, 5) is 12.6. The van der Waals surface area contributed by atoms with Crippen molar-refractivity contribution < 1.29 is 13.6 Å². The van der Waals surface area contributed by atoms with Crippen LogP contribution >= 0.6 is 0 Å². The highest BCUT2D eigenvalue weighted by Crippen LogP contribution is 2.74. The third kappa shape index (κ3) is 2.87. The van der Waals surface area contributed by atoms with Crippen molar-refractivity contribution in [3.8, 4) is 6.07 Å². The first-order valence-corrected chi connectivity index (χ1v) is 9.49. The minimum atomic E-state index is -0.646. The van der Waals surface area contributed by atoms with Gasteiger partial charge in [-0.2, -0.15) is 10.4 Å². The van der Waals surface area contributed by atoms with Gasteiger partial charge in [0.15, 0.2) is 0 Å². The van der Waals surface area contributed by atoms with Crippen molar-refractivity contribution in [1.82, 2.24) is 15.1 Å². The third-order valence-electron chi connectivity index (χ3n) is 6.25. The van der Waals surface area contributed by atoms with Gasteiger partial charge in [-0.3, -0.25) is 9.48 Å². The van der Waals surface area contributed by atoms with Crippen LogP contribution in [0.1, 0.15) is 30.4 Å². The molecule has 29 heavy (non-hydrogen) atoms. The molecule has 146 valence electrons. The number of nitriles is 1. The zero-order valence-electron chi connectivity index (χ0n) is 15.6. The van der Waals surface area contributed by atoms with Gasteiger partial charge in [-0.05, 0) is 60.6 Å². The van der Waals surface area contributed by atoms with Crippen molar-refractivity contribution in [2.45, 2.75) is 32.4 Å². The van der Waals surface area contributed by atoms with Crippen LogP contribution in [0.4, 0.5) is 8.78 Å². The van der Waals surface area contributed by atoms with Gasteiger partial charge in [0.05, 0.1) is 28.8 Å². The molecular weight excluding hydrogens is 374 g/mol. The van der Waals surface area contributed by atoms with Crippen LogP contribution in [0.2, 0.25) is 0 Å². The predicted octanol–water partition coefficient (Wildman–Crippen LogP) is 3.67. The average Bonchev–Trinajstić information content (AvgIpc) is 3.02. The van der Waals surface area contributed by atoms with Crippen LogP contribution in [-0.4, -0.2) is 15.7 Å². The van der Waals surface area contributed by atoms with Gasteiger partial charge in [0.25, 0.3) is 0 Å². The molecule has 0 spiro atoms. The molecule has 3 aliphatic rings. The highest BCUT2D eigenvalue weighted by atomic mass is 19.1. The molecule has 1 heterocycles. The number of carbonyl (C=O) groups is 1. The van der Waals surface area contributed by atoms with Gasteiger partial charge >= 0.3 is 0 Å². The van der Waals surface area contributed by atoms with E-state index < -0.39 is 11.6 Å². The number of nitrogens with one attached hydrogen (secondary N) is 1. The second-order valence-corrected chi connectivity index (χ2v) is 8.46. The van der Waals surface area contributed by atoms with Gasteiger partial charge in [-0.25, -0.2) is 8.78 Å². The number of nitrogens with zero attached hydrogens (tertiary/aromatic N) is 3. The number of aromatic nitrogens is 2. The highest BCUT2D eigenvalue weighted by Gasteiger charge is 2.71. The van der Waals surface area contributed by atoms with E-state index in [0.717, 1.165) is 42.8 Å². The fourth-order valence-corrected chi connectivity index (χ4v) is 5.09. The molecule has 0 radical (unpaired) electrons. The maximum atomic E-state index is 13.3. The molecule has 3 saturated carbocycles. The molecule has 5 nitrogen and oxygen atoms in total. The van der Waals surface area contributed by atoms with Gasteiger partial charge in [0.2, 0.25) is 5.91 Å². The van der Waals surface area contributed by atoms with E-state index in [1.54, 1.807) is 12.3 Å². The molecule has 3 aromatic rings. The standard InChI is InChI=1S/C22H18F2N4O/c23-17-4-15(5-18(24)6-17)8-26-20(29)22-10-21(11-22,12-22)13-28-19-2-1-14(7-25)3-16(19)9-27-28/h1-6,9H,8,10-13H2,(H,26,29). The number of hydrogen-bond donors (Lipinski definition) is 1.